The molecule has 4 aliphatic rings. The van der Waals surface area contributed by atoms with Gasteiger partial charge in [-0.2, -0.15) is 0 Å². The average molecular weight is 611 g/mol. The fourth-order valence-electron chi connectivity index (χ4n) is 7.76. The number of aliphatic hydroxyl groups is 1. The van der Waals surface area contributed by atoms with Crippen molar-refractivity contribution in [2.45, 2.75) is 156 Å². The highest BCUT2D eigenvalue weighted by molar-refractivity contribution is 5.96. The summed E-state index contributed by atoms with van der Waals surface area (Å²) >= 11 is 0. The molecule has 248 valence electrons. The molecule has 2 aliphatic heterocycles. The Bertz CT molecular complexity index is 916. The third kappa shape index (κ3) is 8.32. The van der Waals surface area contributed by atoms with Crippen molar-refractivity contribution >= 4 is 11.9 Å². The fourth-order valence-corrected chi connectivity index (χ4v) is 7.76. The van der Waals surface area contributed by atoms with E-state index in [4.69, 9.17) is 28.4 Å². The molecule has 9 nitrogen and oxygen atoms in total. The lowest BCUT2D eigenvalue weighted by atomic mass is 9.75. The second-order valence-corrected chi connectivity index (χ2v) is 15.5. The van der Waals surface area contributed by atoms with Gasteiger partial charge < -0.3 is 33.5 Å². The van der Waals surface area contributed by atoms with Gasteiger partial charge in [-0.25, -0.2) is 0 Å². The van der Waals surface area contributed by atoms with E-state index in [1.165, 1.54) is 0 Å². The van der Waals surface area contributed by atoms with Gasteiger partial charge >= 0.3 is 11.9 Å². The number of rotatable bonds is 9. The molecular formula is C34H58O9. The molecule has 2 saturated carbocycles. The molecule has 2 heterocycles. The lowest BCUT2D eigenvalue weighted by Gasteiger charge is -2.39. The summed E-state index contributed by atoms with van der Waals surface area (Å²) < 4.78 is 36.6. The zero-order valence-electron chi connectivity index (χ0n) is 28.2. The van der Waals surface area contributed by atoms with Crippen molar-refractivity contribution in [1.82, 2.24) is 0 Å². The van der Waals surface area contributed by atoms with Crippen LogP contribution in [0.2, 0.25) is 0 Å². The maximum atomic E-state index is 14.1. The van der Waals surface area contributed by atoms with E-state index in [1.54, 1.807) is 13.8 Å². The molecule has 0 radical (unpaired) electrons. The molecule has 0 bridgehead atoms. The SMILES string of the molecule is CC1CCC(C(C)C)C(OC(=O)C(C(=O)OC2CC(C)CCC2C(C)C)C(O)C2OC(C)(C)OC2C2COC(C)(C)O2)C1. The molecule has 1 N–H and O–H groups in total. The van der Waals surface area contributed by atoms with E-state index in [1.807, 2.05) is 13.8 Å². The van der Waals surface area contributed by atoms with Crippen molar-refractivity contribution < 1.29 is 43.1 Å². The van der Waals surface area contributed by atoms with Crippen LogP contribution in [0, 0.1) is 41.4 Å². The molecule has 0 aromatic rings. The molecule has 0 amide bonds. The normalized spacial score (nSPS) is 39.0. The highest BCUT2D eigenvalue weighted by Crippen LogP contribution is 2.41. The fraction of sp³-hybridized carbons (Fsp3) is 0.941. The Labute approximate surface area is 259 Å². The minimum absolute atomic E-state index is 0.183. The molecule has 4 rings (SSSR count). The van der Waals surface area contributed by atoms with E-state index < -0.39 is 53.8 Å². The first-order valence-electron chi connectivity index (χ1n) is 16.7. The van der Waals surface area contributed by atoms with Gasteiger partial charge in [0.2, 0.25) is 0 Å². The van der Waals surface area contributed by atoms with E-state index in [0.29, 0.717) is 23.7 Å². The highest BCUT2D eigenvalue weighted by Gasteiger charge is 2.56. The molecule has 2 aliphatic carbocycles. The molecule has 10 unspecified atom stereocenters. The molecule has 4 fully saturated rings. The van der Waals surface area contributed by atoms with Gasteiger partial charge in [-0.05, 0) is 88.9 Å². The first kappa shape index (κ1) is 34.6. The van der Waals surface area contributed by atoms with Crippen LogP contribution in [0.15, 0.2) is 0 Å². The smallest absolute Gasteiger partial charge is 0.323 e. The van der Waals surface area contributed by atoms with Crippen LogP contribution in [0.25, 0.3) is 0 Å². The number of hydrogen-bond donors (Lipinski definition) is 1. The van der Waals surface area contributed by atoms with Gasteiger partial charge in [-0.3, -0.25) is 9.59 Å². The average Bonchev–Trinajstić information content (AvgIpc) is 3.41. The van der Waals surface area contributed by atoms with Crippen molar-refractivity contribution in [3.63, 3.8) is 0 Å². The summed E-state index contributed by atoms with van der Waals surface area (Å²) in [5.41, 5.74) is 0. The predicted molar refractivity (Wildman–Crippen MR) is 161 cm³/mol. The van der Waals surface area contributed by atoms with Crippen LogP contribution in [0.4, 0.5) is 0 Å². The van der Waals surface area contributed by atoms with E-state index in [-0.39, 0.29) is 30.7 Å². The minimum atomic E-state index is -1.59. The number of hydrogen-bond acceptors (Lipinski definition) is 9. The summed E-state index contributed by atoms with van der Waals surface area (Å²) in [4.78, 5) is 28.2. The van der Waals surface area contributed by atoms with Crippen LogP contribution >= 0.6 is 0 Å². The van der Waals surface area contributed by atoms with Crippen LogP contribution in [-0.4, -0.2) is 71.9 Å². The third-order valence-corrected chi connectivity index (χ3v) is 10.2. The first-order chi connectivity index (χ1) is 20.0. The first-order valence-corrected chi connectivity index (χ1v) is 16.7. The number of carbonyl (C=O) groups is 2. The van der Waals surface area contributed by atoms with Crippen LogP contribution < -0.4 is 0 Å². The predicted octanol–water partition coefficient (Wildman–Crippen LogP) is 5.64. The number of aliphatic hydroxyl groups excluding tert-OH is 1. The third-order valence-electron chi connectivity index (χ3n) is 10.2. The number of ether oxygens (including phenoxy) is 6. The zero-order valence-corrected chi connectivity index (χ0v) is 28.2. The van der Waals surface area contributed by atoms with Gasteiger partial charge in [0.05, 0.1) is 6.61 Å². The van der Waals surface area contributed by atoms with Crippen molar-refractivity contribution in [2.24, 2.45) is 41.4 Å². The number of carbonyl (C=O) groups excluding carboxylic acids is 2. The van der Waals surface area contributed by atoms with Gasteiger partial charge in [0, 0.05) is 0 Å². The van der Waals surface area contributed by atoms with Crippen molar-refractivity contribution in [3.8, 4) is 0 Å². The van der Waals surface area contributed by atoms with Gasteiger partial charge in [-0.1, -0.05) is 54.4 Å². The van der Waals surface area contributed by atoms with Gasteiger partial charge in [0.1, 0.15) is 36.6 Å². The van der Waals surface area contributed by atoms with E-state index >= 15 is 0 Å². The van der Waals surface area contributed by atoms with Gasteiger partial charge in [0.15, 0.2) is 17.5 Å². The Morgan fingerprint density at radius 3 is 1.65 bits per heavy atom. The Morgan fingerprint density at radius 1 is 0.744 bits per heavy atom. The van der Waals surface area contributed by atoms with E-state index in [9.17, 15) is 14.7 Å². The van der Waals surface area contributed by atoms with Crippen LogP contribution in [0.5, 0.6) is 0 Å². The summed E-state index contributed by atoms with van der Waals surface area (Å²) in [6.07, 6.45) is 0.891. The molecule has 43 heavy (non-hydrogen) atoms. The summed E-state index contributed by atoms with van der Waals surface area (Å²) in [6.45, 7) is 20.2. The summed E-state index contributed by atoms with van der Waals surface area (Å²) in [5.74, 6) is -3.22. The lowest BCUT2D eigenvalue weighted by molar-refractivity contribution is -0.190. The summed E-state index contributed by atoms with van der Waals surface area (Å²) in [6, 6.07) is 0. The second kappa shape index (κ2) is 13.6. The van der Waals surface area contributed by atoms with E-state index in [2.05, 4.69) is 41.5 Å². The van der Waals surface area contributed by atoms with Gasteiger partial charge in [-0.15, -0.1) is 0 Å². The van der Waals surface area contributed by atoms with Crippen LogP contribution in [0.1, 0.15) is 108 Å². The molecular weight excluding hydrogens is 552 g/mol. The van der Waals surface area contributed by atoms with E-state index in [0.717, 1.165) is 38.5 Å². The molecule has 0 spiro atoms. The maximum absolute atomic E-state index is 14.1. The van der Waals surface area contributed by atoms with Crippen LogP contribution in [-0.2, 0) is 38.0 Å². The molecule has 0 aromatic carbocycles. The van der Waals surface area contributed by atoms with Crippen molar-refractivity contribution in [3.05, 3.63) is 0 Å². The lowest BCUT2D eigenvalue weighted by Crippen LogP contribution is -2.52. The van der Waals surface area contributed by atoms with Crippen molar-refractivity contribution in [2.75, 3.05) is 6.61 Å². The summed E-state index contributed by atoms with van der Waals surface area (Å²) in [5, 5.41) is 12.0. The molecule has 0 aromatic heterocycles. The highest BCUT2D eigenvalue weighted by atomic mass is 16.8. The van der Waals surface area contributed by atoms with Gasteiger partial charge in [0.25, 0.3) is 0 Å². The number of esters is 2. The largest absolute Gasteiger partial charge is 0.461 e. The zero-order chi connectivity index (χ0) is 31.9. The minimum Gasteiger partial charge on any atom is -0.461 e. The molecule has 2 saturated heterocycles. The Balaban J connectivity index is 1.63. The molecule has 10 atom stereocenters. The quantitative estimate of drug-likeness (QED) is 0.262. The topological polar surface area (TPSA) is 110 Å². The summed E-state index contributed by atoms with van der Waals surface area (Å²) in [7, 11) is 0. The molecule has 9 heteroatoms. The van der Waals surface area contributed by atoms with Crippen molar-refractivity contribution in [1.29, 1.82) is 0 Å². The Morgan fingerprint density at radius 2 is 1.23 bits per heavy atom. The second-order valence-electron chi connectivity index (χ2n) is 15.5. The standard InChI is InChI=1S/C34H58O9/c1-18(2)22-13-11-20(5)15-24(22)39-31(36)27(32(37)40-25-16-21(6)12-14-23(25)19(3)4)28(35)30-29(42-34(9,10)43-30)26-17-38-33(7,8)41-26/h18-30,35H,11-17H2,1-10H3. The van der Waals surface area contributed by atoms with Crippen LogP contribution in [0.3, 0.4) is 0 Å². The Hall–Kier alpha value is -1.26. The monoisotopic (exact) mass is 610 g/mol. The maximum Gasteiger partial charge on any atom is 0.323 e. The Kier molecular flexibility index (Phi) is 11.0.